The fraction of sp³-hybridized carbons (Fsp3) is 0.467. The Kier molecular flexibility index (Phi) is 5.20. The highest BCUT2D eigenvalue weighted by Gasteiger charge is 2.15. The monoisotopic (exact) mass is 290 g/mol. The van der Waals surface area contributed by atoms with Crippen LogP contribution in [0.15, 0.2) is 36.7 Å². The van der Waals surface area contributed by atoms with Gasteiger partial charge in [-0.2, -0.15) is 11.8 Å². The van der Waals surface area contributed by atoms with E-state index in [2.05, 4.69) is 47.8 Å². The van der Waals surface area contributed by atoms with Crippen LogP contribution in [-0.4, -0.2) is 32.3 Å². The number of hydrogen-bond acceptors (Lipinski definition) is 4. The minimum Gasteiger partial charge on any atom is -0.310 e. The van der Waals surface area contributed by atoms with Crippen LogP contribution in [0.1, 0.15) is 26.1 Å². The third kappa shape index (κ3) is 4.08. The highest BCUT2D eigenvalue weighted by molar-refractivity contribution is 7.99. The molecule has 0 amide bonds. The van der Waals surface area contributed by atoms with Gasteiger partial charge in [-0.3, -0.25) is 4.57 Å². The van der Waals surface area contributed by atoms with Gasteiger partial charge in [0.15, 0.2) is 5.82 Å². The molecule has 1 aromatic carbocycles. The summed E-state index contributed by atoms with van der Waals surface area (Å²) in [6, 6.07) is 10.2. The van der Waals surface area contributed by atoms with Gasteiger partial charge >= 0.3 is 0 Å². The lowest BCUT2D eigenvalue weighted by Gasteiger charge is -2.21. The fourth-order valence-electron chi connectivity index (χ4n) is 1.88. The van der Waals surface area contributed by atoms with E-state index >= 15 is 0 Å². The minimum atomic E-state index is 0.320. The molecule has 0 unspecified atom stereocenters. The molecule has 4 nitrogen and oxygen atoms in total. The van der Waals surface area contributed by atoms with Gasteiger partial charge in [0.05, 0.1) is 6.54 Å². The van der Waals surface area contributed by atoms with E-state index in [0.29, 0.717) is 4.75 Å². The highest BCUT2D eigenvalue weighted by Crippen LogP contribution is 2.24. The molecule has 0 saturated heterocycles. The summed E-state index contributed by atoms with van der Waals surface area (Å²) in [5.41, 5.74) is 1.10. The molecular formula is C15H22N4S. The normalized spacial score (nSPS) is 11.8. The number of aromatic nitrogens is 3. The summed E-state index contributed by atoms with van der Waals surface area (Å²) < 4.78 is 2.34. The Balaban J connectivity index is 1.90. The van der Waals surface area contributed by atoms with Crippen molar-refractivity contribution in [3.8, 4) is 5.69 Å². The SMILES string of the molecule is CSC(C)(C)CCNCc1nncn1-c1ccccc1. The Bertz CT molecular complexity index is 522. The Hall–Kier alpha value is -1.33. The van der Waals surface area contributed by atoms with Gasteiger partial charge in [0, 0.05) is 10.4 Å². The lowest BCUT2D eigenvalue weighted by atomic mass is 10.1. The van der Waals surface area contributed by atoms with Crippen LogP contribution in [0.5, 0.6) is 0 Å². The van der Waals surface area contributed by atoms with Crippen LogP contribution >= 0.6 is 11.8 Å². The van der Waals surface area contributed by atoms with Gasteiger partial charge in [-0.15, -0.1) is 10.2 Å². The molecule has 0 spiro atoms. The van der Waals surface area contributed by atoms with Crippen molar-refractivity contribution in [2.24, 2.45) is 0 Å². The fourth-order valence-corrected chi connectivity index (χ4v) is 2.18. The van der Waals surface area contributed by atoms with Crippen molar-refractivity contribution in [2.45, 2.75) is 31.6 Å². The van der Waals surface area contributed by atoms with Gasteiger partial charge in [-0.05, 0) is 31.4 Å². The van der Waals surface area contributed by atoms with Gasteiger partial charge < -0.3 is 5.32 Å². The minimum absolute atomic E-state index is 0.320. The molecule has 0 radical (unpaired) electrons. The zero-order chi connectivity index (χ0) is 14.4. The second-order valence-electron chi connectivity index (χ2n) is 5.34. The molecule has 1 aromatic heterocycles. The van der Waals surface area contributed by atoms with Gasteiger partial charge in [0.25, 0.3) is 0 Å². The first-order chi connectivity index (χ1) is 9.62. The number of hydrogen-bond donors (Lipinski definition) is 1. The number of nitrogens with one attached hydrogen (secondary N) is 1. The standard InChI is InChI=1S/C15H22N4S/c1-15(2,20-3)9-10-16-11-14-18-17-12-19(14)13-7-5-4-6-8-13/h4-8,12,16H,9-11H2,1-3H3. The summed E-state index contributed by atoms with van der Waals surface area (Å²) in [5.74, 6) is 0.943. The zero-order valence-electron chi connectivity index (χ0n) is 12.3. The van der Waals surface area contributed by atoms with E-state index in [1.807, 2.05) is 34.5 Å². The van der Waals surface area contributed by atoms with Crippen molar-refractivity contribution >= 4 is 11.8 Å². The molecule has 0 aliphatic carbocycles. The third-order valence-corrected chi connectivity index (χ3v) is 4.70. The maximum absolute atomic E-state index is 4.19. The molecule has 0 fully saturated rings. The first-order valence-corrected chi connectivity index (χ1v) is 8.05. The number of thioether (sulfide) groups is 1. The van der Waals surface area contributed by atoms with Crippen molar-refractivity contribution in [3.05, 3.63) is 42.5 Å². The van der Waals surface area contributed by atoms with Crippen LogP contribution in [-0.2, 0) is 6.54 Å². The van der Waals surface area contributed by atoms with Crippen molar-refractivity contribution in [1.29, 1.82) is 0 Å². The number of benzene rings is 1. The van der Waals surface area contributed by atoms with Crippen LogP contribution < -0.4 is 5.32 Å². The predicted octanol–water partition coefficient (Wildman–Crippen LogP) is 2.89. The molecule has 1 heterocycles. The Morgan fingerprint density at radius 2 is 2.00 bits per heavy atom. The molecule has 1 N–H and O–H groups in total. The summed E-state index contributed by atoms with van der Waals surface area (Å²) in [7, 11) is 0. The van der Waals surface area contributed by atoms with Crippen LogP contribution in [0.3, 0.4) is 0 Å². The number of nitrogens with zero attached hydrogens (tertiary/aromatic N) is 3. The van der Waals surface area contributed by atoms with E-state index in [1.54, 1.807) is 6.33 Å². The van der Waals surface area contributed by atoms with Crippen molar-refractivity contribution in [3.63, 3.8) is 0 Å². The smallest absolute Gasteiger partial charge is 0.151 e. The topological polar surface area (TPSA) is 42.7 Å². The quantitative estimate of drug-likeness (QED) is 0.796. The molecule has 5 heteroatoms. The van der Waals surface area contributed by atoms with Gasteiger partial charge in [0.1, 0.15) is 6.33 Å². The van der Waals surface area contributed by atoms with Crippen molar-refractivity contribution < 1.29 is 0 Å². The summed E-state index contributed by atoms with van der Waals surface area (Å²) in [6.45, 7) is 6.26. The Morgan fingerprint density at radius 1 is 1.25 bits per heavy atom. The van der Waals surface area contributed by atoms with Crippen LogP contribution in [0.4, 0.5) is 0 Å². The number of rotatable bonds is 7. The van der Waals surface area contributed by atoms with E-state index in [9.17, 15) is 0 Å². The molecule has 2 aromatic rings. The molecule has 0 saturated carbocycles. The maximum Gasteiger partial charge on any atom is 0.151 e. The molecular weight excluding hydrogens is 268 g/mol. The number of para-hydroxylation sites is 1. The summed E-state index contributed by atoms with van der Waals surface area (Å²) in [5, 5.41) is 11.7. The first-order valence-electron chi connectivity index (χ1n) is 6.82. The predicted molar refractivity (Wildman–Crippen MR) is 85.3 cm³/mol. The van der Waals surface area contributed by atoms with Gasteiger partial charge in [-0.25, -0.2) is 0 Å². The second-order valence-corrected chi connectivity index (χ2v) is 6.86. The molecule has 108 valence electrons. The summed E-state index contributed by atoms with van der Waals surface area (Å²) >= 11 is 1.90. The van der Waals surface area contributed by atoms with E-state index in [4.69, 9.17) is 0 Å². The van der Waals surface area contributed by atoms with Crippen LogP contribution in [0.25, 0.3) is 5.69 Å². The molecule has 0 atom stereocenters. The lowest BCUT2D eigenvalue weighted by Crippen LogP contribution is -2.25. The third-order valence-electron chi connectivity index (χ3n) is 3.39. The van der Waals surface area contributed by atoms with Gasteiger partial charge in [0.2, 0.25) is 0 Å². The van der Waals surface area contributed by atoms with E-state index < -0.39 is 0 Å². The molecule has 2 rings (SSSR count). The van der Waals surface area contributed by atoms with Crippen molar-refractivity contribution in [1.82, 2.24) is 20.1 Å². The Labute approximate surface area is 125 Å². The van der Waals surface area contributed by atoms with Gasteiger partial charge in [-0.1, -0.05) is 32.0 Å². The first kappa shape index (κ1) is 15.1. The van der Waals surface area contributed by atoms with E-state index in [-0.39, 0.29) is 0 Å². The Morgan fingerprint density at radius 3 is 2.70 bits per heavy atom. The summed E-state index contributed by atoms with van der Waals surface area (Å²) in [6.07, 6.45) is 5.05. The average molecular weight is 290 g/mol. The largest absolute Gasteiger partial charge is 0.310 e. The van der Waals surface area contributed by atoms with Crippen molar-refractivity contribution in [2.75, 3.05) is 12.8 Å². The zero-order valence-corrected chi connectivity index (χ0v) is 13.2. The molecule has 0 aliphatic heterocycles. The van der Waals surface area contributed by atoms with Crippen LogP contribution in [0, 0.1) is 0 Å². The van der Waals surface area contributed by atoms with E-state index in [1.165, 1.54) is 0 Å². The molecule has 0 aliphatic rings. The lowest BCUT2D eigenvalue weighted by molar-refractivity contribution is 0.561. The van der Waals surface area contributed by atoms with Crippen LogP contribution in [0.2, 0.25) is 0 Å². The molecule has 20 heavy (non-hydrogen) atoms. The average Bonchev–Trinajstić information content (AvgIpc) is 2.93. The molecule has 0 bridgehead atoms. The second kappa shape index (κ2) is 6.90. The van der Waals surface area contributed by atoms with E-state index in [0.717, 1.165) is 31.0 Å². The summed E-state index contributed by atoms with van der Waals surface area (Å²) in [4.78, 5) is 0. The maximum atomic E-state index is 4.19. The highest BCUT2D eigenvalue weighted by atomic mass is 32.2.